The Morgan fingerprint density at radius 1 is 0.304 bits per heavy atom. The lowest BCUT2D eigenvalue weighted by Gasteiger charge is -2.52. The van der Waals surface area contributed by atoms with Crippen molar-refractivity contribution in [3.8, 4) is 46.0 Å². The maximum atomic E-state index is 8.35. The molecule has 4 heterocycles. The number of para-hydroxylation sites is 8. The van der Waals surface area contributed by atoms with Crippen LogP contribution in [0.25, 0.3) is 0 Å². The van der Waals surface area contributed by atoms with E-state index in [1.54, 1.807) is 0 Å². The zero-order valence-electron chi connectivity index (χ0n) is 47.1. The van der Waals surface area contributed by atoms with Gasteiger partial charge < -0.3 is 56.8 Å². The summed E-state index contributed by atoms with van der Waals surface area (Å²) in [6.07, 6.45) is 23.9. The molecule has 4 aromatic rings. The minimum atomic E-state index is -0.469. The van der Waals surface area contributed by atoms with E-state index >= 15 is 0 Å². The molecule has 12 heteroatoms. The van der Waals surface area contributed by atoms with Crippen molar-refractivity contribution in [2.45, 2.75) is 152 Å². The van der Waals surface area contributed by atoms with Gasteiger partial charge in [0, 0.05) is 12.8 Å². The molecule has 0 N–H and O–H groups in total. The zero-order chi connectivity index (χ0) is 53.4. The Morgan fingerprint density at radius 2 is 0.709 bits per heavy atom. The van der Waals surface area contributed by atoms with Gasteiger partial charge in [0.1, 0.15) is 45.2 Å². The smallest absolute Gasteiger partial charge is 0.161 e. The number of hydrogen-bond acceptors (Lipinski definition) is 12. The highest BCUT2D eigenvalue weighted by molar-refractivity contribution is 5.42. The highest BCUT2D eigenvalue weighted by atomic mass is 16.6. The number of fused-ring (bicyclic) bond motifs is 11. The quantitative estimate of drug-likeness (QED) is 0.167. The van der Waals surface area contributed by atoms with Crippen molar-refractivity contribution >= 4 is 0 Å². The predicted molar refractivity (Wildman–Crippen MR) is 304 cm³/mol. The molecule has 12 nitrogen and oxygen atoms in total. The molecular formula is C67H90O12. The van der Waals surface area contributed by atoms with E-state index in [9.17, 15) is 0 Å². The van der Waals surface area contributed by atoms with Crippen LogP contribution in [0.4, 0.5) is 0 Å². The van der Waals surface area contributed by atoms with E-state index in [4.69, 9.17) is 56.8 Å². The van der Waals surface area contributed by atoms with Gasteiger partial charge in [-0.2, -0.15) is 0 Å². The van der Waals surface area contributed by atoms with Crippen molar-refractivity contribution in [1.82, 2.24) is 0 Å². The van der Waals surface area contributed by atoms with Gasteiger partial charge in [0.15, 0.2) is 46.0 Å². The normalized spacial score (nSPS) is 32.1. The third-order valence-corrected chi connectivity index (χ3v) is 19.3. The monoisotopic (exact) mass is 1090 g/mol. The van der Waals surface area contributed by atoms with Crippen molar-refractivity contribution in [3.63, 3.8) is 0 Å². The predicted octanol–water partition coefficient (Wildman–Crippen LogP) is 14.1. The average molecular weight is 1090 g/mol. The second-order valence-corrected chi connectivity index (χ2v) is 23.7. The summed E-state index contributed by atoms with van der Waals surface area (Å²) in [5.74, 6) is 8.43. The first-order valence-electron chi connectivity index (χ1n) is 31.0. The Hall–Kier alpha value is -4.88. The van der Waals surface area contributed by atoms with Gasteiger partial charge >= 0.3 is 0 Å². The molecule has 6 bridgehead atoms. The first-order valence-corrected chi connectivity index (χ1v) is 31.0. The number of benzene rings is 4. The van der Waals surface area contributed by atoms with E-state index in [0.717, 1.165) is 104 Å². The van der Waals surface area contributed by atoms with Crippen molar-refractivity contribution in [2.75, 3.05) is 85.9 Å². The van der Waals surface area contributed by atoms with Gasteiger partial charge in [-0.3, -0.25) is 0 Å². The van der Waals surface area contributed by atoms with Crippen LogP contribution in [0.3, 0.4) is 0 Å². The van der Waals surface area contributed by atoms with Crippen LogP contribution in [-0.2, 0) is 18.9 Å². The molecule has 4 aromatic carbocycles. The summed E-state index contributed by atoms with van der Waals surface area (Å²) in [5.41, 5.74) is -1.32. The molecule has 3 saturated carbocycles. The summed E-state index contributed by atoms with van der Waals surface area (Å²) in [4.78, 5) is 0. The Labute approximate surface area is 471 Å². The Morgan fingerprint density at radius 3 is 1.25 bits per heavy atom. The first kappa shape index (κ1) is 56.0. The standard InChI is InChI=1S/C67H90O12/c1-2-20-53-49-54(21-3-1)67-50-77-64-31-15-14-30-63(64)75-46-42-69-40-44-73-60-27-11-9-25-58(60)71-38-36-66(53,79-67)55-23-16-34-65(52-19-6-4-17-51(32-33-52)18-5-7-22-56(55)67)35-37-70-57-24-8-10-26-59(57)72-43-39-68-41-45-74-61-28-12-13-29-62(61)76-47-48-78-65/h8-15,24-31,51-56H,1-7,16-23,32-50H2/t51?,52?,53-,54?,55-,56?,65+,66?,67+/m0/s1. The van der Waals surface area contributed by atoms with Gasteiger partial charge in [-0.15, -0.1) is 0 Å². The fraction of sp³-hybridized carbons (Fsp3) is 0.642. The number of hydrogen-bond donors (Lipinski definition) is 0. The van der Waals surface area contributed by atoms with Crippen molar-refractivity contribution in [3.05, 3.63) is 97.1 Å². The van der Waals surface area contributed by atoms with Gasteiger partial charge in [-0.1, -0.05) is 119 Å². The molecule has 4 aliphatic heterocycles. The molecule has 1 spiro atoms. The summed E-state index contributed by atoms with van der Waals surface area (Å²) in [6.45, 7) is 5.82. The van der Waals surface area contributed by atoms with E-state index in [2.05, 4.69) is 12.1 Å². The van der Waals surface area contributed by atoms with Crippen LogP contribution in [0.1, 0.15) is 135 Å². The molecule has 2 saturated heterocycles. The summed E-state index contributed by atoms with van der Waals surface area (Å²) < 4.78 is 80.9. The maximum Gasteiger partial charge on any atom is 0.161 e. The molecule has 7 aliphatic rings. The van der Waals surface area contributed by atoms with E-state index in [-0.39, 0.29) is 0 Å². The molecule has 0 amide bonds. The fourth-order valence-corrected chi connectivity index (χ4v) is 15.6. The van der Waals surface area contributed by atoms with Gasteiger partial charge in [-0.25, -0.2) is 0 Å². The maximum absolute atomic E-state index is 8.35. The molecular weight excluding hydrogens is 997 g/mol. The van der Waals surface area contributed by atoms with E-state index in [0.29, 0.717) is 127 Å². The van der Waals surface area contributed by atoms with Crippen molar-refractivity contribution in [2.24, 2.45) is 35.5 Å². The lowest BCUT2D eigenvalue weighted by molar-refractivity contribution is -0.230. The molecule has 11 rings (SSSR count). The van der Waals surface area contributed by atoms with Crippen LogP contribution in [0.5, 0.6) is 46.0 Å². The van der Waals surface area contributed by atoms with E-state index < -0.39 is 16.8 Å². The van der Waals surface area contributed by atoms with E-state index in [1.165, 1.54) is 70.6 Å². The molecule has 5 unspecified atom stereocenters. The van der Waals surface area contributed by atoms with E-state index in [1.807, 2.05) is 84.9 Å². The SMILES string of the molecule is c1ccc2c(c1)OCCOCCOc1ccccc1OCC[C@@]1(CCC[C@H]3C(CCCCC4CCCCC1CC4)[C@]14COc5ccccc5OCCOCCOc5ccccc5OCCC3(O1)[C@H]1CCCCCC4C1)OCCO2. The summed E-state index contributed by atoms with van der Waals surface area (Å²) in [6, 6.07) is 32.4. The van der Waals surface area contributed by atoms with Crippen LogP contribution in [0.2, 0.25) is 0 Å². The minimum Gasteiger partial charge on any atom is -0.490 e. The molecule has 79 heavy (non-hydrogen) atoms. The van der Waals surface area contributed by atoms with Gasteiger partial charge in [0.25, 0.3) is 0 Å². The fourth-order valence-electron chi connectivity index (χ4n) is 15.6. The van der Waals surface area contributed by atoms with Gasteiger partial charge in [0.05, 0.1) is 57.5 Å². The number of rotatable bonds is 0. The third-order valence-electron chi connectivity index (χ3n) is 19.3. The average Bonchev–Trinajstić information content (AvgIpc) is 3.97. The lowest BCUT2D eigenvalue weighted by Crippen LogP contribution is -2.57. The topological polar surface area (TPSA) is 111 Å². The Balaban J connectivity index is 0.965. The number of ether oxygens (including phenoxy) is 12. The van der Waals surface area contributed by atoms with Crippen LogP contribution in [-0.4, -0.2) is 103 Å². The third kappa shape index (κ3) is 13.6. The second-order valence-electron chi connectivity index (χ2n) is 23.7. The summed E-state index contributed by atoms with van der Waals surface area (Å²) in [7, 11) is 0. The van der Waals surface area contributed by atoms with Crippen molar-refractivity contribution < 1.29 is 56.8 Å². The van der Waals surface area contributed by atoms with Gasteiger partial charge in [0.2, 0.25) is 0 Å². The zero-order valence-corrected chi connectivity index (χ0v) is 47.1. The molecule has 9 atom stereocenters. The highest BCUT2D eigenvalue weighted by Gasteiger charge is 2.69. The first-order chi connectivity index (χ1) is 39.1. The largest absolute Gasteiger partial charge is 0.490 e. The van der Waals surface area contributed by atoms with Gasteiger partial charge in [-0.05, 0) is 135 Å². The molecule has 430 valence electrons. The lowest BCUT2D eigenvalue weighted by atomic mass is 9.66. The molecule has 3 aliphatic carbocycles. The molecule has 0 aromatic heterocycles. The van der Waals surface area contributed by atoms with Crippen molar-refractivity contribution in [1.29, 1.82) is 0 Å². The van der Waals surface area contributed by atoms with Crippen LogP contribution in [0, 0.1) is 35.5 Å². The second kappa shape index (κ2) is 27.7. The minimum absolute atomic E-state index is 0.294. The summed E-state index contributed by atoms with van der Waals surface area (Å²) in [5, 5.41) is 0. The van der Waals surface area contributed by atoms with Crippen LogP contribution in [0.15, 0.2) is 97.1 Å². The van der Waals surface area contributed by atoms with Crippen LogP contribution < -0.4 is 37.9 Å². The molecule has 0 radical (unpaired) electrons. The van der Waals surface area contributed by atoms with Crippen LogP contribution >= 0.6 is 0 Å². The highest BCUT2D eigenvalue weighted by Crippen LogP contribution is 2.66. The summed E-state index contributed by atoms with van der Waals surface area (Å²) >= 11 is 0. The molecule has 5 fully saturated rings. The Bertz CT molecular complexity index is 2490. The Kier molecular flexibility index (Phi) is 19.7.